The Morgan fingerprint density at radius 2 is 1.85 bits per heavy atom. The Kier molecular flexibility index (Phi) is 5.67. The number of nitrogens with zero attached hydrogens (tertiary/aromatic N) is 1. The van der Waals surface area contributed by atoms with Crippen LogP contribution in [0.3, 0.4) is 0 Å². The molecule has 0 N–H and O–H groups in total. The van der Waals surface area contributed by atoms with Crippen molar-refractivity contribution in [3.63, 3.8) is 0 Å². The summed E-state index contributed by atoms with van der Waals surface area (Å²) in [5.74, 6) is -1.08. The zero-order chi connectivity index (χ0) is 19.7. The topological polar surface area (TPSA) is 63.7 Å². The van der Waals surface area contributed by atoms with Crippen LogP contribution in [0.1, 0.15) is 56.4 Å². The second-order valence-electron chi connectivity index (χ2n) is 6.30. The summed E-state index contributed by atoms with van der Waals surface area (Å²) in [6.45, 7) is 4.13. The first-order valence-electron chi connectivity index (χ1n) is 8.51. The fourth-order valence-corrected chi connectivity index (χ4v) is 3.92. The molecule has 0 saturated carbocycles. The van der Waals surface area contributed by atoms with E-state index in [4.69, 9.17) is 16.3 Å². The summed E-state index contributed by atoms with van der Waals surface area (Å²) in [5.41, 5.74) is 1.42. The van der Waals surface area contributed by atoms with Crippen LogP contribution in [-0.4, -0.2) is 29.2 Å². The van der Waals surface area contributed by atoms with Crippen molar-refractivity contribution in [2.24, 2.45) is 0 Å². The lowest BCUT2D eigenvalue weighted by atomic mass is 10.1. The number of carbonyl (C=O) groups excluding carboxylic acids is 3. The maximum absolute atomic E-state index is 12.5. The zero-order valence-electron chi connectivity index (χ0n) is 14.8. The molecule has 2 aromatic carbocycles. The molecule has 27 heavy (non-hydrogen) atoms. The predicted molar refractivity (Wildman–Crippen MR) is 106 cm³/mol. The SMILES string of the molecule is CCCCN1C(=O)c2ccc(C(=O)Oc3c(C)cc(Br)cc3Cl)cc2C1=O. The third-order valence-corrected chi connectivity index (χ3v) is 5.07. The minimum absolute atomic E-state index is 0.186. The molecule has 0 aliphatic carbocycles. The quantitative estimate of drug-likeness (QED) is 0.364. The normalized spacial score (nSPS) is 13.1. The maximum atomic E-state index is 12.5. The molecule has 0 radical (unpaired) electrons. The molecule has 0 unspecified atom stereocenters. The average Bonchev–Trinajstić information content (AvgIpc) is 2.86. The van der Waals surface area contributed by atoms with E-state index >= 15 is 0 Å². The Balaban J connectivity index is 1.87. The number of ether oxygens (including phenoxy) is 1. The molecule has 3 rings (SSSR count). The molecule has 0 fully saturated rings. The lowest BCUT2D eigenvalue weighted by molar-refractivity contribution is 0.0651. The van der Waals surface area contributed by atoms with Crippen molar-refractivity contribution in [1.82, 2.24) is 4.90 Å². The minimum atomic E-state index is -0.641. The van der Waals surface area contributed by atoms with Crippen molar-refractivity contribution >= 4 is 45.3 Å². The van der Waals surface area contributed by atoms with Crippen LogP contribution in [0.15, 0.2) is 34.8 Å². The van der Waals surface area contributed by atoms with Gasteiger partial charge in [0, 0.05) is 11.0 Å². The first-order valence-corrected chi connectivity index (χ1v) is 9.68. The third kappa shape index (κ3) is 3.77. The highest BCUT2D eigenvalue weighted by molar-refractivity contribution is 9.10. The van der Waals surface area contributed by atoms with Crippen molar-refractivity contribution in [1.29, 1.82) is 0 Å². The maximum Gasteiger partial charge on any atom is 0.343 e. The van der Waals surface area contributed by atoms with Gasteiger partial charge in [0.1, 0.15) is 0 Å². The van der Waals surface area contributed by atoms with Gasteiger partial charge in [0.05, 0.1) is 21.7 Å². The van der Waals surface area contributed by atoms with E-state index in [1.54, 1.807) is 19.1 Å². The van der Waals surface area contributed by atoms with Gasteiger partial charge in [-0.25, -0.2) is 4.79 Å². The number of unbranched alkanes of at least 4 members (excludes halogenated alkanes) is 1. The van der Waals surface area contributed by atoms with Crippen LogP contribution in [0.25, 0.3) is 0 Å². The predicted octanol–water partition coefficient (Wildman–Crippen LogP) is 5.03. The Labute approximate surface area is 170 Å². The summed E-state index contributed by atoms with van der Waals surface area (Å²) in [4.78, 5) is 38.7. The van der Waals surface area contributed by atoms with Crippen LogP contribution in [0.2, 0.25) is 5.02 Å². The Morgan fingerprint density at radius 1 is 1.15 bits per heavy atom. The van der Waals surface area contributed by atoms with E-state index in [9.17, 15) is 14.4 Å². The van der Waals surface area contributed by atoms with E-state index < -0.39 is 5.97 Å². The molecule has 0 saturated heterocycles. The van der Waals surface area contributed by atoms with E-state index in [0.29, 0.717) is 22.7 Å². The van der Waals surface area contributed by atoms with Crippen LogP contribution < -0.4 is 4.74 Å². The lowest BCUT2D eigenvalue weighted by Crippen LogP contribution is -2.30. The Morgan fingerprint density at radius 3 is 2.52 bits per heavy atom. The number of hydrogen-bond donors (Lipinski definition) is 0. The molecule has 140 valence electrons. The van der Waals surface area contributed by atoms with Gasteiger partial charge in [-0.3, -0.25) is 14.5 Å². The molecule has 7 heteroatoms. The fraction of sp³-hybridized carbons (Fsp3) is 0.250. The smallest absolute Gasteiger partial charge is 0.343 e. The number of hydrogen-bond acceptors (Lipinski definition) is 4. The highest BCUT2D eigenvalue weighted by Crippen LogP contribution is 2.33. The molecule has 0 spiro atoms. The molecule has 2 amide bonds. The summed E-state index contributed by atoms with van der Waals surface area (Å²) in [7, 11) is 0. The number of esters is 1. The van der Waals surface area contributed by atoms with Crippen molar-refractivity contribution in [3.8, 4) is 5.75 Å². The van der Waals surface area contributed by atoms with Crippen LogP contribution in [0.4, 0.5) is 0 Å². The van der Waals surface area contributed by atoms with Crippen LogP contribution in [-0.2, 0) is 0 Å². The summed E-state index contributed by atoms with van der Waals surface area (Å²) < 4.78 is 6.21. The lowest BCUT2D eigenvalue weighted by Gasteiger charge is -2.12. The standard InChI is InChI=1S/C20H17BrClNO4/c1-3-4-7-23-18(24)14-6-5-12(9-15(14)19(23)25)20(26)27-17-11(2)8-13(21)10-16(17)22/h5-6,8-10H,3-4,7H2,1-2H3. The van der Waals surface area contributed by atoms with Crippen molar-refractivity contribution in [3.05, 3.63) is 62.1 Å². The van der Waals surface area contributed by atoms with Gasteiger partial charge in [-0.05, 0) is 49.2 Å². The van der Waals surface area contributed by atoms with Crippen molar-refractivity contribution < 1.29 is 19.1 Å². The van der Waals surface area contributed by atoms with E-state index in [2.05, 4.69) is 15.9 Å². The number of carbonyl (C=O) groups is 3. The summed E-state index contributed by atoms with van der Waals surface area (Å²) in [6.07, 6.45) is 1.61. The molecule has 5 nitrogen and oxygen atoms in total. The Hall–Kier alpha value is -2.18. The molecule has 0 bridgehead atoms. The van der Waals surface area contributed by atoms with Crippen LogP contribution >= 0.6 is 27.5 Å². The van der Waals surface area contributed by atoms with Crippen LogP contribution in [0, 0.1) is 6.92 Å². The van der Waals surface area contributed by atoms with Crippen LogP contribution in [0.5, 0.6) is 5.75 Å². The highest BCUT2D eigenvalue weighted by atomic mass is 79.9. The number of fused-ring (bicyclic) bond motifs is 1. The summed E-state index contributed by atoms with van der Waals surface area (Å²) >= 11 is 9.49. The van der Waals surface area contributed by atoms with Gasteiger partial charge in [-0.15, -0.1) is 0 Å². The highest BCUT2D eigenvalue weighted by Gasteiger charge is 2.35. The van der Waals surface area contributed by atoms with Crippen molar-refractivity contribution in [2.75, 3.05) is 6.54 Å². The molecule has 1 heterocycles. The van der Waals surface area contributed by atoms with Gasteiger partial charge < -0.3 is 4.74 Å². The number of aryl methyl sites for hydroxylation is 1. The molecule has 1 aliphatic heterocycles. The molecule has 2 aromatic rings. The van der Waals surface area contributed by atoms with Gasteiger partial charge >= 0.3 is 5.97 Å². The number of amides is 2. The largest absolute Gasteiger partial charge is 0.421 e. The second kappa shape index (κ2) is 7.82. The first-order chi connectivity index (χ1) is 12.8. The van der Waals surface area contributed by atoms with Gasteiger partial charge in [0.2, 0.25) is 0 Å². The third-order valence-electron chi connectivity index (χ3n) is 4.33. The molecular formula is C20H17BrClNO4. The molecule has 0 atom stereocenters. The average molecular weight is 451 g/mol. The summed E-state index contributed by atoms with van der Waals surface area (Å²) in [6, 6.07) is 7.80. The number of benzene rings is 2. The van der Waals surface area contributed by atoms with Gasteiger partial charge in [0.25, 0.3) is 11.8 Å². The summed E-state index contributed by atoms with van der Waals surface area (Å²) in [5, 5.41) is 0.299. The van der Waals surface area contributed by atoms with Crippen molar-refractivity contribution in [2.45, 2.75) is 26.7 Å². The fourth-order valence-electron chi connectivity index (χ4n) is 2.91. The van der Waals surface area contributed by atoms with E-state index in [1.807, 2.05) is 6.92 Å². The van der Waals surface area contributed by atoms with E-state index in [1.165, 1.54) is 23.1 Å². The molecular weight excluding hydrogens is 434 g/mol. The molecule has 1 aliphatic rings. The second-order valence-corrected chi connectivity index (χ2v) is 7.62. The Bertz CT molecular complexity index is 934. The van der Waals surface area contributed by atoms with Gasteiger partial charge in [-0.2, -0.15) is 0 Å². The van der Waals surface area contributed by atoms with E-state index in [-0.39, 0.29) is 28.7 Å². The minimum Gasteiger partial charge on any atom is -0.421 e. The monoisotopic (exact) mass is 449 g/mol. The molecule has 0 aromatic heterocycles. The number of halogens is 2. The van der Waals surface area contributed by atoms with E-state index in [0.717, 1.165) is 17.3 Å². The number of imide groups is 1. The number of rotatable bonds is 5. The first kappa shape index (κ1) is 19.6. The van der Waals surface area contributed by atoms with Gasteiger partial charge in [-0.1, -0.05) is 40.9 Å². The van der Waals surface area contributed by atoms with Gasteiger partial charge in [0.15, 0.2) is 5.75 Å². The zero-order valence-corrected chi connectivity index (χ0v) is 17.2.